The van der Waals surface area contributed by atoms with Gasteiger partial charge in [-0.15, -0.1) is 0 Å². The van der Waals surface area contributed by atoms with Crippen LogP contribution in [0.3, 0.4) is 0 Å². The van der Waals surface area contributed by atoms with Crippen LogP contribution >= 0.6 is 0 Å². The summed E-state index contributed by atoms with van der Waals surface area (Å²) in [6.45, 7) is 3.30. The van der Waals surface area contributed by atoms with Crippen LogP contribution < -0.4 is 4.74 Å². The van der Waals surface area contributed by atoms with Gasteiger partial charge in [-0.1, -0.05) is 18.2 Å². The third-order valence-corrected chi connectivity index (χ3v) is 5.38. The molecule has 2 fully saturated rings. The first-order valence-electron chi connectivity index (χ1n) is 9.32. The van der Waals surface area contributed by atoms with Crippen LogP contribution in [0.5, 0.6) is 5.88 Å². The molecule has 0 atom stereocenters. The molecule has 26 heavy (non-hydrogen) atoms. The molecule has 3 aliphatic rings. The molecular formula is C20H22N4O2. The van der Waals surface area contributed by atoms with Crippen LogP contribution in [0, 0.1) is 0 Å². The van der Waals surface area contributed by atoms with E-state index < -0.39 is 0 Å². The fourth-order valence-corrected chi connectivity index (χ4v) is 3.86. The van der Waals surface area contributed by atoms with Crippen molar-refractivity contribution in [2.75, 3.05) is 26.3 Å². The zero-order valence-corrected chi connectivity index (χ0v) is 14.7. The molecule has 1 aromatic heterocycles. The SMILES string of the molecule is c1ccc2c(c1)CC(N1CC(Oc3nccnc3C3CCOCC3)C1)=N2. The van der Waals surface area contributed by atoms with E-state index >= 15 is 0 Å². The van der Waals surface area contributed by atoms with Crippen molar-refractivity contribution in [1.29, 1.82) is 0 Å². The van der Waals surface area contributed by atoms with E-state index in [2.05, 4.69) is 33.1 Å². The Hall–Kier alpha value is -2.47. The average molecular weight is 350 g/mol. The van der Waals surface area contributed by atoms with Crippen molar-refractivity contribution in [3.63, 3.8) is 0 Å². The smallest absolute Gasteiger partial charge is 0.236 e. The van der Waals surface area contributed by atoms with Gasteiger partial charge < -0.3 is 14.4 Å². The first-order valence-corrected chi connectivity index (χ1v) is 9.32. The summed E-state index contributed by atoms with van der Waals surface area (Å²) in [6.07, 6.45) is 6.52. The summed E-state index contributed by atoms with van der Waals surface area (Å²) < 4.78 is 11.7. The summed E-state index contributed by atoms with van der Waals surface area (Å²) >= 11 is 0. The second-order valence-corrected chi connectivity index (χ2v) is 7.11. The highest BCUT2D eigenvalue weighted by molar-refractivity contribution is 5.92. The third-order valence-electron chi connectivity index (χ3n) is 5.38. The molecule has 0 radical (unpaired) electrons. The quantitative estimate of drug-likeness (QED) is 0.852. The van der Waals surface area contributed by atoms with Gasteiger partial charge in [-0.25, -0.2) is 9.98 Å². The summed E-state index contributed by atoms with van der Waals surface area (Å²) in [4.78, 5) is 16.1. The summed E-state index contributed by atoms with van der Waals surface area (Å²) in [5.41, 5.74) is 3.39. The van der Waals surface area contributed by atoms with E-state index in [1.165, 1.54) is 5.56 Å². The van der Waals surface area contributed by atoms with Gasteiger partial charge in [0.25, 0.3) is 0 Å². The molecule has 0 amide bonds. The summed E-state index contributed by atoms with van der Waals surface area (Å²) in [6, 6.07) is 8.35. The number of fused-ring (bicyclic) bond motifs is 1. The van der Waals surface area contributed by atoms with Crippen LogP contribution in [-0.4, -0.2) is 53.1 Å². The predicted molar refractivity (Wildman–Crippen MR) is 98.1 cm³/mol. The molecule has 6 heteroatoms. The number of amidine groups is 1. The maximum absolute atomic E-state index is 6.19. The van der Waals surface area contributed by atoms with Crippen LogP contribution in [0.15, 0.2) is 41.7 Å². The Morgan fingerprint density at radius 1 is 1.04 bits per heavy atom. The maximum atomic E-state index is 6.19. The lowest BCUT2D eigenvalue weighted by molar-refractivity contribution is 0.0574. The Balaban J connectivity index is 1.22. The Bertz CT molecular complexity index is 826. The monoisotopic (exact) mass is 350 g/mol. The van der Waals surface area contributed by atoms with Gasteiger partial charge in [0.05, 0.1) is 18.8 Å². The maximum Gasteiger partial charge on any atom is 0.236 e. The minimum Gasteiger partial charge on any atom is -0.469 e. The number of para-hydroxylation sites is 1. The molecular weight excluding hydrogens is 328 g/mol. The van der Waals surface area contributed by atoms with E-state index in [0.717, 1.165) is 62.8 Å². The third kappa shape index (κ3) is 2.94. The molecule has 0 N–H and O–H groups in total. The summed E-state index contributed by atoms with van der Waals surface area (Å²) in [5, 5.41) is 0. The zero-order chi connectivity index (χ0) is 17.3. The Labute approximate surface area is 152 Å². The topological polar surface area (TPSA) is 59.8 Å². The van der Waals surface area contributed by atoms with Crippen molar-refractivity contribution in [3.8, 4) is 5.88 Å². The molecule has 0 saturated carbocycles. The Kier molecular flexibility index (Phi) is 4.05. The number of aromatic nitrogens is 2. The number of aliphatic imine (C=N–C) groups is 1. The first kappa shape index (κ1) is 15.8. The molecule has 0 aliphatic carbocycles. The van der Waals surface area contributed by atoms with Gasteiger partial charge in [0.15, 0.2) is 0 Å². The number of hydrogen-bond donors (Lipinski definition) is 0. The van der Waals surface area contributed by atoms with Crippen molar-refractivity contribution < 1.29 is 9.47 Å². The van der Waals surface area contributed by atoms with Crippen LogP contribution in [-0.2, 0) is 11.2 Å². The minimum atomic E-state index is 0.150. The van der Waals surface area contributed by atoms with Crippen LogP contribution in [0.4, 0.5) is 5.69 Å². The molecule has 0 spiro atoms. The van der Waals surface area contributed by atoms with Crippen molar-refractivity contribution >= 4 is 11.5 Å². The molecule has 134 valence electrons. The van der Waals surface area contributed by atoms with E-state index in [4.69, 9.17) is 14.5 Å². The molecule has 3 aliphatic heterocycles. The molecule has 6 nitrogen and oxygen atoms in total. The second-order valence-electron chi connectivity index (χ2n) is 7.11. The van der Waals surface area contributed by atoms with Crippen LogP contribution in [0.1, 0.15) is 30.0 Å². The summed E-state index contributed by atoms with van der Waals surface area (Å²) in [7, 11) is 0. The highest BCUT2D eigenvalue weighted by atomic mass is 16.5. The van der Waals surface area contributed by atoms with E-state index in [9.17, 15) is 0 Å². The van der Waals surface area contributed by atoms with Gasteiger partial charge in [-0.05, 0) is 24.5 Å². The Morgan fingerprint density at radius 3 is 2.69 bits per heavy atom. The van der Waals surface area contributed by atoms with Gasteiger partial charge in [0.2, 0.25) is 5.88 Å². The van der Waals surface area contributed by atoms with E-state index in [-0.39, 0.29) is 6.10 Å². The van der Waals surface area contributed by atoms with Gasteiger partial charge in [0.1, 0.15) is 17.6 Å². The molecule has 5 rings (SSSR count). The highest BCUT2D eigenvalue weighted by Crippen LogP contribution is 2.33. The van der Waals surface area contributed by atoms with E-state index in [1.807, 2.05) is 6.07 Å². The van der Waals surface area contributed by atoms with Crippen molar-refractivity contribution in [3.05, 3.63) is 47.9 Å². The molecule has 1 aromatic carbocycles. The van der Waals surface area contributed by atoms with Gasteiger partial charge in [0, 0.05) is 37.9 Å². The minimum absolute atomic E-state index is 0.150. The zero-order valence-electron chi connectivity index (χ0n) is 14.7. The van der Waals surface area contributed by atoms with Gasteiger partial charge >= 0.3 is 0 Å². The fourth-order valence-electron chi connectivity index (χ4n) is 3.86. The molecule has 0 unspecified atom stereocenters. The fraction of sp³-hybridized carbons (Fsp3) is 0.450. The van der Waals surface area contributed by atoms with Gasteiger partial charge in [-0.3, -0.25) is 4.98 Å². The number of hydrogen-bond acceptors (Lipinski definition) is 6. The molecule has 4 heterocycles. The number of rotatable bonds is 3. The van der Waals surface area contributed by atoms with Crippen molar-refractivity contribution in [2.45, 2.75) is 31.3 Å². The van der Waals surface area contributed by atoms with Crippen LogP contribution in [0.25, 0.3) is 0 Å². The number of benzene rings is 1. The number of ether oxygens (including phenoxy) is 2. The first-order chi connectivity index (χ1) is 12.9. The van der Waals surface area contributed by atoms with Gasteiger partial charge in [-0.2, -0.15) is 0 Å². The Morgan fingerprint density at radius 2 is 1.85 bits per heavy atom. The van der Waals surface area contributed by atoms with E-state index in [1.54, 1.807) is 12.4 Å². The lowest BCUT2D eigenvalue weighted by atomic mass is 9.96. The number of nitrogens with zero attached hydrogens (tertiary/aromatic N) is 4. The lowest BCUT2D eigenvalue weighted by Crippen LogP contribution is -2.56. The van der Waals surface area contributed by atoms with Crippen LogP contribution in [0.2, 0.25) is 0 Å². The second kappa shape index (κ2) is 6.68. The predicted octanol–water partition coefficient (Wildman–Crippen LogP) is 2.72. The van der Waals surface area contributed by atoms with E-state index in [0.29, 0.717) is 11.8 Å². The number of likely N-dealkylation sites (tertiary alicyclic amines) is 1. The average Bonchev–Trinajstić information content (AvgIpc) is 3.09. The molecule has 2 saturated heterocycles. The molecule has 2 aromatic rings. The highest BCUT2D eigenvalue weighted by Gasteiger charge is 2.34. The van der Waals surface area contributed by atoms with Crippen molar-refractivity contribution in [2.24, 2.45) is 4.99 Å². The lowest BCUT2D eigenvalue weighted by Gasteiger charge is -2.40. The van der Waals surface area contributed by atoms with Crippen molar-refractivity contribution in [1.82, 2.24) is 14.9 Å². The largest absolute Gasteiger partial charge is 0.469 e. The normalized spacial score (nSPS) is 20.5. The molecule has 0 bridgehead atoms. The summed E-state index contributed by atoms with van der Waals surface area (Å²) in [5.74, 6) is 2.23. The standard InChI is InChI=1S/C20H22N4O2/c1-2-4-17-15(3-1)11-18(23-17)24-12-16(13-24)26-20-19(21-7-8-22-20)14-5-9-25-10-6-14/h1-4,7-8,14,16H,5-6,9-13H2.